The first-order valence-electron chi connectivity index (χ1n) is 12.8. The second-order valence-corrected chi connectivity index (χ2v) is 12.5. The number of allylic oxidation sites excluding steroid dienone is 1. The van der Waals surface area contributed by atoms with Crippen LogP contribution in [0.5, 0.6) is 0 Å². The maximum absolute atomic E-state index is 11.6. The van der Waals surface area contributed by atoms with E-state index in [1.165, 1.54) is 24.8 Å². The topological polar surface area (TPSA) is 60.7 Å². The third-order valence-corrected chi connectivity index (χ3v) is 10.5. The Labute approximate surface area is 184 Å². The van der Waals surface area contributed by atoms with Crippen LogP contribution in [-0.4, -0.2) is 33.1 Å². The summed E-state index contributed by atoms with van der Waals surface area (Å²) in [4.78, 5) is 0. The van der Waals surface area contributed by atoms with Gasteiger partial charge in [-0.1, -0.05) is 39.3 Å². The molecule has 3 heteroatoms. The third-order valence-electron chi connectivity index (χ3n) is 10.5. The van der Waals surface area contributed by atoms with Gasteiger partial charge in [-0.25, -0.2) is 0 Å². The SMILES string of the molecule is CC(C)CC[C@@H](O)[C@](C)(O)[C@H]1CC[C@H]2[C@@H]3CC=C4C[C@@H](O)CC[C@]4(C)C3CC[C@]12C. The Morgan fingerprint density at radius 2 is 1.80 bits per heavy atom. The lowest BCUT2D eigenvalue weighted by Gasteiger charge is -2.59. The van der Waals surface area contributed by atoms with Crippen LogP contribution in [0.15, 0.2) is 11.6 Å². The highest BCUT2D eigenvalue weighted by Gasteiger charge is 2.62. The Morgan fingerprint density at radius 3 is 2.50 bits per heavy atom. The fourth-order valence-electron chi connectivity index (χ4n) is 8.62. The molecule has 0 bridgehead atoms. The second-order valence-electron chi connectivity index (χ2n) is 12.5. The molecule has 0 radical (unpaired) electrons. The molecule has 0 spiro atoms. The van der Waals surface area contributed by atoms with Crippen molar-refractivity contribution in [3.05, 3.63) is 11.6 Å². The summed E-state index contributed by atoms with van der Waals surface area (Å²) in [7, 11) is 0. The molecule has 3 nitrogen and oxygen atoms in total. The molecule has 0 aromatic rings. The molecular formula is C27H46O3. The molecule has 3 saturated carbocycles. The Morgan fingerprint density at radius 1 is 1.07 bits per heavy atom. The van der Waals surface area contributed by atoms with Gasteiger partial charge in [0.2, 0.25) is 0 Å². The fourth-order valence-corrected chi connectivity index (χ4v) is 8.62. The highest BCUT2D eigenvalue weighted by atomic mass is 16.3. The predicted molar refractivity (Wildman–Crippen MR) is 122 cm³/mol. The van der Waals surface area contributed by atoms with E-state index in [0.29, 0.717) is 24.2 Å². The van der Waals surface area contributed by atoms with Gasteiger partial charge in [-0.15, -0.1) is 0 Å². The zero-order chi connectivity index (χ0) is 21.9. The molecule has 1 unspecified atom stereocenters. The van der Waals surface area contributed by atoms with Gasteiger partial charge in [0.25, 0.3) is 0 Å². The number of hydrogen-bond donors (Lipinski definition) is 3. The minimum absolute atomic E-state index is 0.124. The molecular weight excluding hydrogens is 372 g/mol. The van der Waals surface area contributed by atoms with Gasteiger partial charge in [0.15, 0.2) is 0 Å². The highest BCUT2D eigenvalue weighted by Crippen LogP contribution is 2.67. The van der Waals surface area contributed by atoms with Crippen LogP contribution in [0.1, 0.15) is 98.8 Å². The molecule has 3 fully saturated rings. The molecule has 3 N–H and O–H groups in total. The van der Waals surface area contributed by atoms with Crippen molar-refractivity contribution in [3.8, 4) is 0 Å². The minimum Gasteiger partial charge on any atom is -0.393 e. The number of hydrogen-bond acceptors (Lipinski definition) is 3. The zero-order valence-electron chi connectivity index (χ0n) is 20.0. The summed E-state index contributed by atoms with van der Waals surface area (Å²) in [6.45, 7) is 11.2. The zero-order valence-corrected chi connectivity index (χ0v) is 20.0. The van der Waals surface area contributed by atoms with Crippen molar-refractivity contribution >= 4 is 0 Å². The lowest BCUT2D eigenvalue weighted by molar-refractivity contribution is -0.151. The molecule has 9 atom stereocenters. The fraction of sp³-hybridized carbons (Fsp3) is 0.926. The molecule has 172 valence electrons. The molecule has 0 aromatic heterocycles. The maximum atomic E-state index is 11.6. The first kappa shape index (κ1) is 22.8. The Kier molecular flexibility index (Phi) is 5.99. The Balaban J connectivity index is 1.55. The molecule has 0 saturated heterocycles. The van der Waals surface area contributed by atoms with Gasteiger partial charge >= 0.3 is 0 Å². The van der Waals surface area contributed by atoms with Crippen LogP contribution in [0.2, 0.25) is 0 Å². The van der Waals surface area contributed by atoms with E-state index in [4.69, 9.17) is 0 Å². The molecule has 4 rings (SSSR count). The van der Waals surface area contributed by atoms with E-state index in [1.807, 2.05) is 6.92 Å². The van der Waals surface area contributed by atoms with Crippen molar-refractivity contribution in [2.75, 3.05) is 0 Å². The molecule has 0 amide bonds. The van der Waals surface area contributed by atoms with Crippen molar-refractivity contribution in [2.24, 2.45) is 40.4 Å². The summed E-state index contributed by atoms with van der Waals surface area (Å²) in [5.41, 5.74) is 0.914. The summed E-state index contributed by atoms with van der Waals surface area (Å²) in [5.74, 6) is 2.80. The van der Waals surface area contributed by atoms with Gasteiger partial charge in [0, 0.05) is 0 Å². The van der Waals surface area contributed by atoms with Gasteiger partial charge in [0.1, 0.15) is 0 Å². The van der Waals surface area contributed by atoms with E-state index in [1.54, 1.807) is 0 Å². The van der Waals surface area contributed by atoms with Gasteiger partial charge in [0.05, 0.1) is 17.8 Å². The molecule has 4 aliphatic carbocycles. The molecule has 0 aromatic carbocycles. The summed E-state index contributed by atoms with van der Waals surface area (Å²) >= 11 is 0. The van der Waals surface area contributed by atoms with Gasteiger partial charge in [-0.05, 0) is 112 Å². The van der Waals surface area contributed by atoms with Gasteiger partial charge in [-0.2, -0.15) is 0 Å². The van der Waals surface area contributed by atoms with Crippen LogP contribution >= 0.6 is 0 Å². The smallest absolute Gasteiger partial charge is 0.0910 e. The monoisotopic (exact) mass is 418 g/mol. The predicted octanol–water partition coefficient (Wildman–Crippen LogP) is 5.47. The van der Waals surface area contributed by atoms with Crippen molar-refractivity contribution in [1.29, 1.82) is 0 Å². The van der Waals surface area contributed by atoms with Crippen molar-refractivity contribution < 1.29 is 15.3 Å². The Bertz CT molecular complexity index is 667. The lowest BCUT2D eigenvalue weighted by atomic mass is 9.46. The summed E-state index contributed by atoms with van der Waals surface area (Å²) in [5, 5.41) is 32.7. The highest BCUT2D eigenvalue weighted by molar-refractivity contribution is 5.25. The summed E-state index contributed by atoms with van der Waals surface area (Å²) in [6.07, 6.45) is 12.1. The maximum Gasteiger partial charge on any atom is 0.0910 e. The van der Waals surface area contributed by atoms with E-state index < -0.39 is 11.7 Å². The van der Waals surface area contributed by atoms with E-state index in [9.17, 15) is 15.3 Å². The molecule has 0 heterocycles. The van der Waals surface area contributed by atoms with Crippen LogP contribution in [0.4, 0.5) is 0 Å². The normalized spacial score (nSPS) is 46.4. The number of aliphatic hydroxyl groups is 3. The van der Waals surface area contributed by atoms with E-state index in [2.05, 4.69) is 33.8 Å². The number of fused-ring (bicyclic) bond motifs is 5. The van der Waals surface area contributed by atoms with E-state index >= 15 is 0 Å². The van der Waals surface area contributed by atoms with E-state index in [-0.39, 0.29) is 22.9 Å². The minimum atomic E-state index is -1.00. The van der Waals surface area contributed by atoms with Crippen molar-refractivity contribution in [2.45, 2.75) is 117 Å². The van der Waals surface area contributed by atoms with E-state index in [0.717, 1.165) is 44.4 Å². The van der Waals surface area contributed by atoms with Crippen molar-refractivity contribution in [1.82, 2.24) is 0 Å². The number of rotatable bonds is 5. The van der Waals surface area contributed by atoms with Gasteiger partial charge in [-0.3, -0.25) is 0 Å². The summed E-state index contributed by atoms with van der Waals surface area (Å²) in [6, 6.07) is 0. The first-order valence-corrected chi connectivity index (χ1v) is 12.8. The largest absolute Gasteiger partial charge is 0.393 e. The molecule has 30 heavy (non-hydrogen) atoms. The Hall–Kier alpha value is -0.380. The van der Waals surface area contributed by atoms with Crippen LogP contribution in [0, 0.1) is 40.4 Å². The lowest BCUT2D eigenvalue weighted by Crippen LogP contribution is -2.55. The first-order chi connectivity index (χ1) is 14.0. The second kappa shape index (κ2) is 7.89. The molecule has 4 aliphatic rings. The van der Waals surface area contributed by atoms with Crippen LogP contribution < -0.4 is 0 Å². The number of aliphatic hydroxyl groups excluding tert-OH is 2. The van der Waals surface area contributed by atoms with Crippen LogP contribution in [0.3, 0.4) is 0 Å². The van der Waals surface area contributed by atoms with Crippen LogP contribution in [-0.2, 0) is 0 Å². The molecule has 0 aliphatic heterocycles. The summed E-state index contributed by atoms with van der Waals surface area (Å²) < 4.78 is 0. The average Bonchev–Trinajstić information content (AvgIpc) is 3.04. The average molecular weight is 419 g/mol. The third kappa shape index (κ3) is 3.52. The van der Waals surface area contributed by atoms with Gasteiger partial charge < -0.3 is 15.3 Å². The standard InChI is InChI=1S/C27H46O3/c1-17(2)6-11-24(29)27(5,30)23-10-9-21-20-8-7-18-16-19(28)12-14-25(18,3)22(20)13-15-26(21,23)4/h7,17,19-24,28-30H,6,8-16H2,1-5H3/t19-,20-,21-,22?,23-,24+,25-,26-,27+/m0/s1. The van der Waals surface area contributed by atoms with Crippen molar-refractivity contribution in [3.63, 3.8) is 0 Å². The quantitative estimate of drug-likeness (QED) is 0.519. The van der Waals surface area contributed by atoms with Crippen LogP contribution in [0.25, 0.3) is 0 Å².